The Kier molecular flexibility index (Phi) is 5.42. The minimum Gasteiger partial charge on any atom is -0.232 e. The van der Waals surface area contributed by atoms with Crippen LogP contribution in [0.5, 0.6) is 0 Å². The average Bonchev–Trinajstić information content (AvgIpc) is 3.03. The Labute approximate surface area is 143 Å². The highest BCUT2D eigenvalue weighted by atomic mass is 15.4. The van der Waals surface area contributed by atoms with Gasteiger partial charge in [-0.25, -0.2) is 4.68 Å². The highest BCUT2D eigenvalue weighted by molar-refractivity contribution is 5.65. The molecular formula is C21H21N3. The van der Waals surface area contributed by atoms with E-state index in [1.807, 2.05) is 53.2 Å². The minimum absolute atomic E-state index is 0.679. The molecule has 0 fully saturated rings. The molecule has 0 aliphatic rings. The van der Waals surface area contributed by atoms with Crippen LogP contribution in [0.3, 0.4) is 0 Å². The Morgan fingerprint density at radius 2 is 1.67 bits per heavy atom. The normalized spacial score (nSPS) is 10.2. The molecular weight excluding hydrogens is 294 g/mol. The van der Waals surface area contributed by atoms with Crippen LogP contribution in [0.25, 0.3) is 11.3 Å². The van der Waals surface area contributed by atoms with Crippen LogP contribution in [-0.2, 0) is 6.54 Å². The molecule has 0 atom stereocenters. The molecule has 0 aliphatic carbocycles. The molecule has 0 spiro atoms. The van der Waals surface area contributed by atoms with E-state index in [1.54, 1.807) is 0 Å². The first-order valence-electron chi connectivity index (χ1n) is 8.40. The summed E-state index contributed by atoms with van der Waals surface area (Å²) in [6.45, 7) is 2.86. The summed E-state index contributed by atoms with van der Waals surface area (Å²) in [5, 5.41) is 8.74. The number of rotatable bonds is 5. The van der Waals surface area contributed by atoms with E-state index in [0.29, 0.717) is 6.54 Å². The zero-order chi connectivity index (χ0) is 16.6. The summed E-state index contributed by atoms with van der Waals surface area (Å²) >= 11 is 0. The van der Waals surface area contributed by atoms with Crippen LogP contribution in [0.4, 0.5) is 0 Å². The van der Waals surface area contributed by atoms with Gasteiger partial charge in [0, 0.05) is 12.0 Å². The second-order valence-corrected chi connectivity index (χ2v) is 5.70. The topological polar surface area (TPSA) is 30.7 Å². The number of nitrogens with zero attached hydrogens (tertiary/aromatic N) is 3. The molecule has 3 nitrogen and oxygen atoms in total. The molecule has 24 heavy (non-hydrogen) atoms. The molecule has 3 rings (SSSR count). The molecule has 3 aromatic rings. The van der Waals surface area contributed by atoms with Gasteiger partial charge in [0.2, 0.25) is 0 Å². The predicted molar refractivity (Wildman–Crippen MR) is 97.4 cm³/mol. The maximum absolute atomic E-state index is 4.39. The number of hydrogen-bond acceptors (Lipinski definition) is 2. The second kappa shape index (κ2) is 8.12. The van der Waals surface area contributed by atoms with E-state index in [2.05, 4.69) is 41.2 Å². The Morgan fingerprint density at radius 3 is 2.38 bits per heavy atom. The van der Waals surface area contributed by atoms with Crippen LogP contribution in [0, 0.1) is 11.8 Å². The van der Waals surface area contributed by atoms with Gasteiger partial charge in [-0.1, -0.05) is 85.1 Å². The van der Waals surface area contributed by atoms with Crippen molar-refractivity contribution >= 4 is 0 Å². The number of hydrogen-bond donors (Lipinski definition) is 0. The lowest BCUT2D eigenvalue weighted by Gasteiger charge is -2.03. The molecule has 0 radical (unpaired) electrons. The Balaban J connectivity index is 1.96. The van der Waals surface area contributed by atoms with Crippen LogP contribution < -0.4 is 0 Å². The fourth-order valence-corrected chi connectivity index (χ4v) is 2.51. The van der Waals surface area contributed by atoms with Crippen LogP contribution in [0.1, 0.15) is 37.4 Å². The van der Waals surface area contributed by atoms with E-state index in [4.69, 9.17) is 0 Å². The lowest BCUT2D eigenvalue weighted by atomic mass is 10.1. The van der Waals surface area contributed by atoms with Gasteiger partial charge < -0.3 is 0 Å². The van der Waals surface area contributed by atoms with Crippen molar-refractivity contribution in [3.63, 3.8) is 0 Å². The average molecular weight is 315 g/mol. The molecule has 3 heteroatoms. The first kappa shape index (κ1) is 16.0. The molecule has 0 saturated carbocycles. The molecule has 0 N–H and O–H groups in total. The summed E-state index contributed by atoms with van der Waals surface area (Å²) in [6, 6.07) is 20.4. The highest BCUT2D eigenvalue weighted by Gasteiger charge is 2.13. The van der Waals surface area contributed by atoms with Crippen molar-refractivity contribution in [2.75, 3.05) is 0 Å². The van der Waals surface area contributed by atoms with Gasteiger partial charge in [-0.2, -0.15) is 0 Å². The minimum atomic E-state index is 0.679. The molecule has 0 unspecified atom stereocenters. The van der Waals surface area contributed by atoms with Gasteiger partial charge in [0.15, 0.2) is 0 Å². The van der Waals surface area contributed by atoms with Gasteiger partial charge in [-0.15, -0.1) is 5.10 Å². The van der Waals surface area contributed by atoms with Crippen LogP contribution in [0.2, 0.25) is 0 Å². The fraction of sp³-hybridized carbons (Fsp3) is 0.238. The first-order chi connectivity index (χ1) is 11.9. The van der Waals surface area contributed by atoms with E-state index < -0.39 is 0 Å². The van der Waals surface area contributed by atoms with E-state index in [9.17, 15) is 0 Å². The van der Waals surface area contributed by atoms with Crippen molar-refractivity contribution in [2.24, 2.45) is 0 Å². The summed E-state index contributed by atoms with van der Waals surface area (Å²) in [5.74, 6) is 6.58. The molecule has 0 aliphatic heterocycles. The molecule has 0 bridgehead atoms. The second-order valence-electron chi connectivity index (χ2n) is 5.70. The third kappa shape index (κ3) is 3.91. The van der Waals surface area contributed by atoms with E-state index in [1.165, 1.54) is 5.56 Å². The molecule has 120 valence electrons. The number of aromatic nitrogens is 3. The Bertz CT molecular complexity index is 824. The van der Waals surface area contributed by atoms with Crippen molar-refractivity contribution in [2.45, 2.75) is 32.7 Å². The SMILES string of the molecule is CCCCC#Cc1c(-c2ccccc2)nnn1Cc1ccccc1. The lowest BCUT2D eigenvalue weighted by Crippen LogP contribution is -2.04. The highest BCUT2D eigenvalue weighted by Crippen LogP contribution is 2.21. The third-order valence-electron chi connectivity index (χ3n) is 3.82. The van der Waals surface area contributed by atoms with Gasteiger partial charge >= 0.3 is 0 Å². The molecule has 0 saturated heterocycles. The zero-order valence-electron chi connectivity index (χ0n) is 13.9. The van der Waals surface area contributed by atoms with Crippen LogP contribution in [0.15, 0.2) is 60.7 Å². The van der Waals surface area contributed by atoms with Crippen molar-refractivity contribution in [1.29, 1.82) is 0 Å². The maximum atomic E-state index is 4.39. The summed E-state index contributed by atoms with van der Waals surface area (Å²) in [5.41, 5.74) is 3.99. The van der Waals surface area contributed by atoms with Gasteiger partial charge in [0.1, 0.15) is 11.4 Å². The van der Waals surface area contributed by atoms with E-state index in [0.717, 1.165) is 36.2 Å². The Morgan fingerprint density at radius 1 is 0.958 bits per heavy atom. The smallest absolute Gasteiger partial charge is 0.139 e. The summed E-state index contributed by atoms with van der Waals surface area (Å²) < 4.78 is 1.90. The number of unbranched alkanes of at least 4 members (excludes halogenated alkanes) is 2. The van der Waals surface area contributed by atoms with Crippen LogP contribution in [-0.4, -0.2) is 15.0 Å². The summed E-state index contributed by atoms with van der Waals surface area (Å²) in [4.78, 5) is 0. The molecule has 1 aromatic heterocycles. The number of benzene rings is 2. The van der Waals surface area contributed by atoms with Crippen molar-refractivity contribution in [3.05, 3.63) is 71.9 Å². The van der Waals surface area contributed by atoms with Crippen molar-refractivity contribution < 1.29 is 0 Å². The fourth-order valence-electron chi connectivity index (χ4n) is 2.51. The van der Waals surface area contributed by atoms with Gasteiger partial charge in [0.05, 0.1) is 6.54 Å². The van der Waals surface area contributed by atoms with Gasteiger partial charge in [0.25, 0.3) is 0 Å². The van der Waals surface area contributed by atoms with Gasteiger partial charge in [-0.05, 0) is 17.9 Å². The Hall–Kier alpha value is -2.86. The first-order valence-corrected chi connectivity index (χ1v) is 8.40. The van der Waals surface area contributed by atoms with E-state index in [-0.39, 0.29) is 0 Å². The quantitative estimate of drug-likeness (QED) is 0.511. The van der Waals surface area contributed by atoms with E-state index >= 15 is 0 Å². The van der Waals surface area contributed by atoms with Crippen LogP contribution >= 0.6 is 0 Å². The summed E-state index contributed by atoms with van der Waals surface area (Å²) in [7, 11) is 0. The zero-order valence-corrected chi connectivity index (χ0v) is 13.9. The molecule has 0 amide bonds. The van der Waals surface area contributed by atoms with Crippen molar-refractivity contribution in [1.82, 2.24) is 15.0 Å². The molecule has 2 aromatic carbocycles. The van der Waals surface area contributed by atoms with Gasteiger partial charge in [-0.3, -0.25) is 0 Å². The summed E-state index contributed by atoms with van der Waals surface area (Å²) in [6.07, 6.45) is 3.18. The largest absolute Gasteiger partial charge is 0.232 e. The molecule has 1 heterocycles. The predicted octanol–water partition coefficient (Wildman–Crippen LogP) is 4.54. The lowest BCUT2D eigenvalue weighted by molar-refractivity contribution is 0.643. The standard InChI is InChI=1S/C21H21N3/c1-2-3-4-11-16-20-21(19-14-9-6-10-15-19)22-23-24(20)17-18-12-7-5-8-13-18/h5-10,12-15H,2-4,17H2,1H3. The maximum Gasteiger partial charge on any atom is 0.139 e. The monoisotopic (exact) mass is 315 g/mol. The van der Waals surface area contributed by atoms with Crippen molar-refractivity contribution in [3.8, 4) is 23.1 Å². The third-order valence-corrected chi connectivity index (χ3v) is 3.82.